The van der Waals surface area contributed by atoms with E-state index in [-0.39, 0.29) is 0 Å². The number of hydrogen-bond acceptors (Lipinski definition) is 6. The van der Waals surface area contributed by atoms with Crippen molar-refractivity contribution in [3.63, 3.8) is 0 Å². The highest BCUT2D eigenvalue weighted by molar-refractivity contribution is 7.99. The minimum absolute atomic E-state index is 0.457. The van der Waals surface area contributed by atoms with Crippen LogP contribution >= 0.6 is 11.8 Å². The van der Waals surface area contributed by atoms with Crippen LogP contribution in [0.2, 0.25) is 0 Å². The monoisotopic (exact) mass is 219 g/mol. The lowest BCUT2D eigenvalue weighted by Gasteiger charge is -1.99. The smallest absolute Gasteiger partial charge is 0.193 e. The maximum Gasteiger partial charge on any atom is 0.193 e. The molecule has 76 valence electrons. The van der Waals surface area contributed by atoms with Crippen LogP contribution in [-0.4, -0.2) is 19.9 Å². The van der Waals surface area contributed by atoms with E-state index >= 15 is 0 Å². The normalized spacial score (nSPS) is 10.2. The molecule has 0 aromatic carbocycles. The lowest BCUT2D eigenvalue weighted by atomic mass is 10.4. The molecule has 0 spiro atoms. The molecule has 0 saturated heterocycles. The molecular formula is C9H9N5S. The van der Waals surface area contributed by atoms with Gasteiger partial charge in [0.15, 0.2) is 5.16 Å². The Morgan fingerprint density at radius 3 is 2.60 bits per heavy atom. The van der Waals surface area contributed by atoms with Gasteiger partial charge in [0.1, 0.15) is 11.4 Å². The van der Waals surface area contributed by atoms with Gasteiger partial charge in [-0.2, -0.15) is 0 Å². The molecule has 0 unspecified atom stereocenters. The van der Waals surface area contributed by atoms with Gasteiger partial charge in [-0.25, -0.2) is 19.9 Å². The van der Waals surface area contributed by atoms with E-state index in [1.165, 1.54) is 18.1 Å². The predicted molar refractivity (Wildman–Crippen MR) is 56.1 cm³/mol. The molecule has 0 fully saturated rings. The van der Waals surface area contributed by atoms with Crippen molar-refractivity contribution in [3.8, 4) is 0 Å². The van der Waals surface area contributed by atoms with Gasteiger partial charge in [-0.15, -0.1) is 0 Å². The zero-order chi connectivity index (χ0) is 10.5. The van der Waals surface area contributed by atoms with E-state index in [4.69, 9.17) is 5.73 Å². The maximum absolute atomic E-state index is 5.45. The Kier molecular flexibility index (Phi) is 3.21. The van der Waals surface area contributed by atoms with Crippen molar-refractivity contribution in [2.24, 2.45) is 5.73 Å². The molecule has 0 aliphatic heterocycles. The first-order chi connectivity index (χ1) is 7.38. The highest BCUT2D eigenvalue weighted by Crippen LogP contribution is 2.20. The van der Waals surface area contributed by atoms with Gasteiger partial charge in [0.05, 0.1) is 0 Å². The number of aromatic nitrogens is 4. The van der Waals surface area contributed by atoms with Crippen molar-refractivity contribution in [2.45, 2.75) is 16.7 Å². The molecule has 2 aromatic rings. The Morgan fingerprint density at radius 1 is 1.20 bits per heavy atom. The van der Waals surface area contributed by atoms with Crippen LogP contribution in [0.3, 0.4) is 0 Å². The SMILES string of the molecule is NCc1cnc(Sc2ccncn2)nc1. The minimum Gasteiger partial charge on any atom is -0.326 e. The van der Waals surface area contributed by atoms with Crippen molar-refractivity contribution in [3.05, 3.63) is 36.5 Å². The van der Waals surface area contributed by atoms with Crippen LogP contribution in [0.1, 0.15) is 5.56 Å². The lowest BCUT2D eigenvalue weighted by Crippen LogP contribution is -1.98. The maximum atomic E-state index is 5.45. The van der Waals surface area contributed by atoms with E-state index in [0.717, 1.165) is 10.6 Å². The second-order valence-electron chi connectivity index (χ2n) is 2.73. The fourth-order valence-electron chi connectivity index (χ4n) is 0.934. The summed E-state index contributed by atoms with van der Waals surface area (Å²) < 4.78 is 0. The molecule has 0 aliphatic rings. The summed E-state index contributed by atoms with van der Waals surface area (Å²) in [5.41, 5.74) is 6.36. The molecule has 2 rings (SSSR count). The van der Waals surface area contributed by atoms with Gasteiger partial charge in [0, 0.05) is 30.7 Å². The quantitative estimate of drug-likeness (QED) is 0.610. The Hall–Kier alpha value is -1.53. The molecule has 15 heavy (non-hydrogen) atoms. The Labute approximate surface area is 91.2 Å². The summed E-state index contributed by atoms with van der Waals surface area (Å²) in [4.78, 5) is 16.2. The van der Waals surface area contributed by atoms with Crippen LogP contribution in [0, 0.1) is 0 Å². The van der Waals surface area contributed by atoms with Crippen LogP contribution in [0.5, 0.6) is 0 Å². The molecule has 0 bridgehead atoms. The molecule has 5 nitrogen and oxygen atoms in total. The van der Waals surface area contributed by atoms with Crippen molar-refractivity contribution >= 4 is 11.8 Å². The number of hydrogen-bond donors (Lipinski definition) is 1. The van der Waals surface area contributed by atoms with Gasteiger partial charge in [-0.3, -0.25) is 0 Å². The second-order valence-corrected chi connectivity index (χ2v) is 3.72. The first-order valence-corrected chi connectivity index (χ1v) is 5.15. The van der Waals surface area contributed by atoms with E-state index < -0.39 is 0 Å². The number of rotatable bonds is 3. The third-order valence-electron chi connectivity index (χ3n) is 1.67. The average Bonchev–Trinajstić information content (AvgIpc) is 2.31. The molecule has 0 aliphatic carbocycles. The Morgan fingerprint density at radius 2 is 2.00 bits per heavy atom. The summed E-state index contributed by atoms with van der Waals surface area (Å²) in [5, 5.41) is 1.48. The van der Waals surface area contributed by atoms with E-state index in [1.54, 1.807) is 18.6 Å². The van der Waals surface area contributed by atoms with Gasteiger partial charge in [0.2, 0.25) is 0 Å². The molecule has 6 heteroatoms. The molecule has 0 amide bonds. The van der Waals surface area contributed by atoms with Crippen LogP contribution in [-0.2, 0) is 6.54 Å². The topological polar surface area (TPSA) is 77.6 Å². The standard InChI is InChI=1S/C9H9N5S/c10-3-7-4-12-9(13-5-7)15-8-1-2-11-6-14-8/h1-2,4-6H,3,10H2. The van der Waals surface area contributed by atoms with E-state index in [9.17, 15) is 0 Å². The minimum atomic E-state index is 0.457. The fourth-order valence-corrected chi connectivity index (χ4v) is 1.56. The fraction of sp³-hybridized carbons (Fsp3) is 0.111. The first-order valence-electron chi connectivity index (χ1n) is 4.33. The van der Waals surface area contributed by atoms with Gasteiger partial charge in [0.25, 0.3) is 0 Å². The van der Waals surface area contributed by atoms with Crippen molar-refractivity contribution < 1.29 is 0 Å². The van der Waals surface area contributed by atoms with Crippen molar-refractivity contribution in [1.82, 2.24) is 19.9 Å². The van der Waals surface area contributed by atoms with E-state index in [0.29, 0.717) is 11.7 Å². The van der Waals surface area contributed by atoms with Gasteiger partial charge < -0.3 is 5.73 Å². The average molecular weight is 219 g/mol. The summed E-state index contributed by atoms with van der Waals surface area (Å²) in [7, 11) is 0. The summed E-state index contributed by atoms with van der Waals surface area (Å²) >= 11 is 1.39. The molecule has 2 heterocycles. The largest absolute Gasteiger partial charge is 0.326 e. The van der Waals surface area contributed by atoms with Gasteiger partial charge >= 0.3 is 0 Å². The predicted octanol–water partition coefficient (Wildman–Crippen LogP) is 0.876. The zero-order valence-electron chi connectivity index (χ0n) is 7.87. The highest BCUT2D eigenvalue weighted by Gasteiger charge is 2.00. The third kappa shape index (κ3) is 2.71. The highest BCUT2D eigenvalue weighted by atomic mass is 32.2. The molecular weight excluding hydrogens is 210 g/mol. The van der Waals surface area contributed by atoms with Gasteiger partial charge in [-0.1, -0.05) is 0 Å². The molecule has 2 aromatic heterocycles. The van der Waals surface area contributed by atoms with Crippen molar-refractivity contribution in [2.75, 3.05) is 0 Å². The third-order valence-corrected chi connectivity index (χ3v) is 2.51. The van der Waals surface area contributed by atoms with Crippen LogP contribution in [0.25, 0.3) is 0 Å². The van der Waals surface area contributed by atoms with Crippen molar-refractivity contribution in [1.29, 1.82) is 0 Å². The number of nitrogens with two attached hydrogens (primary N) is 1. The summed E-state index contributed by atoms with van der Waals surface area (Å²) in [6, 6.07) is 1.81. The Balaban J connectivity index is 2.11. The van der Waals surface area contributed by atoms with Crippen LogP contribution < -0.4 is 5.73 Å². The summed E-state index contributed by atoms with van der Waals surface area (Å²) in [6.07, 6.45) is 6.62. The number of nitrogens with zero attached hydrogens (tertiary/aromatic N) is 4. The van der Waals surface area contributed by atoms with E-state index in [2.05, 4.69) is 19.9 Å². The van der Waals surface area contributed by atoms with E-state index in [1.807, 2.05) is 6.07 Å². The van der Waals surface area contributed by atoms with Crippen LogP contribution in [0.4, 0.5) is 0 Å². The summed E-state index contributed by atoms with van der Waals surface area (Å²) in [6.45, 7) is 0.457. The molecule has 0 radical (unpaired) electrons. The summed E-state index contributed by atoms with van der Waals surface area (Å²) in [5.74, 6) is 0. The molecule has 2 N–H and O–H groups in total. The second kappa shape index (κ2) is 4.81. The Bertz CT molecular complexity index is 416. The zero-order valence-corrected chi connectivity index (χ0v) is 8.68. The van der Waals surface area contributed by atoms with Crippen LogP contribution in [0.15, 0.2) is 41.2 Å². The first kappa shape index (κ1) is 10.0. The molecule has 0 atom stereocenters. The lowest BCUT2D eigenvalue weighted by molar-refractivity contribution is 0.909. The molecule has 0 saturated carbocycles. The van der Waals surface area contributed by atoms with Gasteiger partial charge in [-0.05, 0) is 17.8 Å².